The van der Waals surface area contributed by atoms with Gasteiger partial charge in [-0.3, -0.25) is 14.9 Å². The van der Waals surface area contributed by atoms with Crippen molar-refractivity contribution in [1.82, 2.24) is 10.6 Å². The second kappa shape index (κ2) is 3.67. The maximum absolute atomic E-state index is 11.0. The van der Waals surface area contributed by atoms with Crippen molar-refractivity contribution >= 4 is 11.8 Å². The summed E-state index contributed by atoms with van der Waals surface area (Å²) in [6.45, 7) is 4.03. The van der Waals surface area contributed by atoms with Gasteiger partial charge in [-0.25, -0.2) is 0 Å². The molecule has 1 aliphatic rings. The molecule has 2 unspecified atom stereocenters. The average molecular weight is 170 g/mol. The summed E-state index contributed by atoms with van der Waals surface area (Å²) in [6, 6.07) is -0.0286. The van der Waals surface area contributed by atoms with E-state index in [1.54, 1.807) is 0 Å². The van der Waals surface area contributed by atoms with Gasteiger partial charge in [-0.15, -0.1) is 0 Å². The molecule has 1 aliphatic heterocycles. The van der Waals surface area contributed by atoms with Crippen LogP contribution in [0.2, 0.25) is 0 Å². The van der Waals surface area contributed by atoms with Crippen LogP contribution in [0.3, 0.4) is 0 Å². The van der Waals surface area contributed by atoms with Crippen LogP contribution in [0.15, 0.2) is 0 Å². The zero-order valence-corrected chi connectivity index (χ0v) is 7.39. The molecule has 0 aromatic carbocycles. The van der Waals surface area contributed by atoms with Crippen molar-refractivity contribution in [2.24, 2.45) is 0 Å². The van der Waals surface area contributed by atoms with Crippen LogP contribution in [0.1, 0.15) is 26.7 Å². The van der Waals surface area contributed by atoms with Crippen molar-refractivity contribution in [3.05, 3.63) is 0 Å². The van der Waals surface area contributed by atoms with E-state index in [9.17, 15) is 9.59 Å². The van der Waals surface area contributed by atoms with Crippen LogP contribution >= 0.6 is 0 Å². The topological polar surface area (TPSA) is 58.2 Å². The highest BCUT2D eigenvalue weighted by Crippen LogP contribution is 2.03. The third-order valence-corrected chi connectivity index (χ3v) is 2.07. The van der Waals surface area contributed by atoms with E-state index in [0.29, 0.717) is 0 Å². The van der Waals surface area contributed by atoms with E-state index in [0.717, 1.165) is 6.42 Å². The van der Waals surface area contributed by atoms with Gasteiger partial charge in [0.2, 0.25) is 11.8 Å². The maximum atomic E-state index is 11.0. The molecule has 12 heavy (non-hydrogen) atoms. The number of carbonyl (C=O) groups excluding carboxylic acids is 2. The number of hydrogen-bond donors (Lipinski definition) is 2. The Balaban J connectivity index is 2.43. The Bertz CT molecular complexity index is 203. The van der Waals surface area contributed by atoms with Crippen molar-refractivity contribution < 1.29 is 9.59 Å². The molecule has 0 aromatic heterocycles. The second-order valence-corrected chi connectivity index (χ2v) is 3.15. The molecule has 0 radical (unpaired) electrons. The lowest BCUT2D eigenvalue weighted by molar-refractivity contribution is -0.125. The molecule has 2 N–H and O–H groups in total. The molecule has 0 spiro atoms. The van der Waals surface area contributed by atoms with Gasteiger partial charge in [0.05, 0.1) is 12.5 Å². The van der Waals surface area contributed by atoms with Gasteiger partial charge >= 0.3 is 0 Å². The summed E-state index contributed by atoms with van der Waals surface area (Å²) in [5, 5.41) is 5.33. The van der Waals surface area contributed by atoms with Crippen LogP contribution < -0.4 is 10.6 Å². The Kier molecular flexibility index (Phi) is 2.81. The largest absolute Gasteiger partial charge is 0.303 e. The zero-order chi connectivity index (χ0) is 9.14. The first kappa shape index (κ1) is 9.19. The molecule has 2 atom stereocenters. The van der Waals surface area contributed by atoms with Crippen LogP contribution in [0.25, 0.3) is 0 Å². The van der Waals surface area contributed by atoms with Gasteiger partial charge in [-0.05, 0) is 13.3 Å². The molecule has 0 bridgehead atoms. The van der Waals surface area contributed by atoms with Gasteiger partial charge in [0, 0.05) is 6.04 Å². The molecule has 4 nitrogen and oxygen atoms in total. The fourth-order valence-electron chi connectivity index (χ4n) is 1.15. The number of hydrogen-bond acceptors (Lipinski definition) is 3. The zero-order valence-electron chi connectivity index (χ0n) is 7.39. The first-order valence-electron chi connectivity index (χ1n) is 4.23. The quantitative estimate of drug-likeness (QED) is 0.576. The summed E-state index contributed by atoms with van der Waals surface area (Å²) in [6.07, 6.45) is 1.24. The fraction of sp³-hybridized carbons (Fsp3) is 0.750. The smallest absolute Gasteiger partial charge is 0.244 e. The van der Waals surface area contributed by atoms with E-state index in [1.165, 1.54) is 0 Å². The molecule has 1 heterocycles. The van der Waals surface area contributed by atoms with Gasteiger partial charge in [0.1, 0.15) is 0 Å². The molecule has 0 aromatic rings. The van der Waals surface area contributed by atoms with Crippen molar-refractivity contribution in [2.45, 2.75) is 38.8 Å². The minimum absolute atomic E-state index is 0.180. The van der Waals surface area contributed by atoms with Crippen molar-refractivity contribution in [2.75, 3.05) is 0 Å². The van der Waals surface area contributed by atoms with E-state index < -0.39 is 0 Å². The second-order valence-electron chi connectivity index (χ2n) is 3.15. The van der Waals surface area contributed by atoms with Crippen LogP contribution in [-0.2, 0) is 9.59 Å². The van der Waals surface area contributed by atoms with E-state index in [4.69, 9.17) is 0 Å². The summed E-state index contributed by atoms with van der Waals surface area (Å²) >= 11 is 0. The average Bonchev–Trinajstić information content (AvgIpc) is 2.30. The van der Waals surface area contributed by atoms with Gasteiger partial charge in [0.15, 0.2) is 0 Å². The predicted octanol–water partition coefficient (Wildman–Crippen LogP) is -0.210. The number of nitrogens with one attached hydrogen (secondary N) is 2. The van der Waals surface area contributed by atoms with Crippen molar-refractivity contribution in [3.63, 3.8) is 0 Å². The van der Waals surface area contributed by atoms with E-state index in [2.05, 4.69) is 10.6 Å². The normalized spacial score (nSPS) is 25.7. The third kappa shape index (κ3) is 2.04. The first-order valence-corrected chi connectivity index (χ1v) is 4.23. The molecule has 1 rings (SSSR count). The fourth-order valence-corrected chi connectivity index (χ4v) is 1.15. The first-order chi connectivity index (χ1) is 5.63. The minimum atomic E-state index is -0.313. The standard InChI is InChI=1S/C8H14N2O2/c1-3-5(2)9-6-4-7(11)10-8(6)12/h5-6,9H,3-4H2,1-2H3,(H,10,11,12). The molecule has 1 saturated heterocycles. The molecule has 0 saturated carbocycles. The summed E-state index contributed by atoms with van der Waals surface area (Å²) in [7, 11) is 0. The molecule has 68 valence electrons. The molecule has 0 aliphatic carbocycles. The minimum Gasteiger partial charge on any atom is -0.303 e. The number of carbonyl (C=O) groups is 2. The van der Waals surface area contributed by atoms with E-state index in [1.807, 2.05) is 13.8 Å². The maximum Gasteiger partial charge on any atom is 0.244 e. The van der Waals surface area contributed by atoms with Gasteiger partial charge in [0.25, 0.3) is 0 Å². The lowest BCUT2D eigenvalue weighted by atomic mass is 10.2. The lowest BCUT2D eigenvalue weighted by Gasteiger charge is -2.14. The molecule has 4 heteroatoms. The van der Waals surface area contributed by atoms with E-state index >= 15 is 0 Å². The summed E-state index contributed by atoms with van der Waals surface area (Å²) < 4.78 is 0. The Morgan fingerprint density at radius 3 is 2.75 bits per heavy atom. The third-order valence-electron chi connectivity index (χ3n) is 2.07. The van der Waals surface area contributed by atoms with Crippen molar-refractivity contribution in [1.29, 1.82) is 0 Å². The number of imide groups is 1. The molecular weight excluding hydrogens is 156 g/mol. The summed E-state index contributed by atoms with van der Waals surface area (Å²) in [5.41, 5.74) is 0. The van der Waals surface area contributed by atoms with Crippen LogP contribution in [-0.4, -0.2) is 23.9 Å². The highest BCUT2D eigenvalue weighted by molar-refractivity contribution is 6.05. The van der Waals surface area contributed by atoms with Crippen LogP contribution in [0.5, 0.6) is 0 Å². The molecule has 2 amide bonds. The lowest BCUT2D eigenvalue weighted by Crippen LogP contribution is -2.41. The van der Waals surface area contributed by atoms with Gasteiger partial charge < -0.3 is 5.32 Å². The Morgan fingerprint density at radius 2 is 2.33 bits per heavy atom. The number of rotatable bonds is 3. The Morgan fingerprint density at radius 1 is 1.67 bits per heavy atom. The van der Waals surface area contributed by atoms with Gasteiger partial charge in [-0.1, -0.05) is 6.92 Å². The summed E-state index contributed by atoms with van der Waals surface area (Å²) in [4.78, 5) is 21.8. The van der Waals surface area contributed by atoms with Gasteiger partial charge in [-0.2, -0.15) is 0 Å². The van der Waals surface area contributed by atoms with Crippen molar-refractivity contribution in [3.8, 4) is 0 Å². The summed E-state index contributed by atoms with van der Waals surface area (Å²) in [5.74, 6) is -0.374. The van der Waals surface area contributed by atoms with Crippen LogP contribution in [0, 0.1) is 0 Å². The highest BCUT2D eigenvalue weighted by atomic mass is 16.2. The Labute approximate surface area is 71.7 Å². The molecular formula is C8H14N2O2. The number of amides is 2. The Hall–Kier alpha value is -0.900. The van der Waals surface area contributed by atoms with E-state index in [-0.39, 0.29) is 30.3 Å². The highest BCUT2D eigenvalue weighted by Gasteiger charge is 2.30. The molecule has 1 fully saturated rings. The monoisotopic (exact) mass is 170 g/mol. The predicted molar refractivity (Wildman–Crippen MR) is 44.4 cm³/mol. The van der Waals surface area contributed by atoms with Crippen LogP contribution in [0.4, 0.5) is 0 Å². The SMILES string of the molecule is CCC(C)NC1CC(=O)NC1=O.